The number of allylic oxidation sites excluding steroid dienone is 9. The van der Waals surface area contributed by atoms with Crippen LogP contribution in [0.4, 0.5) is 11.4 Å². The summed E-state index contributed by atoms with van der Waals surface area (Å²) in [7, 11) is 2.14. The lowest BCUT2D eigenvalue weighted by molar-refractivity contribution is 0.919. The molecule has 0 radical (unpaired) electrons. The molecule has 1 aliphatic rings. The van der Waals surface area contributed by atoms with Crippen molar-refractivity contribution in [1.82, 2.24) is 5.32 Å². The van der Waals surface area contributed by atoms with Gasteiger partial charge < -0.3 is 15.1 Å². The predicted molar refractivity (Wildman–Crippen MR) is 163 cm³/mol. The number of hydrogen-bond donors (Lipinski definition) is 1. The summed E-state index contributed by atoms with van der Waals surface area (Å²) >= 11 is 0. The summed E-state index contributed by atoms with van der Waals surface area (Å²) in [6.07, 6.45) is 20.1. The van der Waals surface area contributed by atoms with Crippen molar-refractivity contribution in [1.29, 1.82) is 0 Å². The molecule has 1 N–H and O–H groups in total. The highest BCUT2D eigenvalue weighted by molar-refractivity contribution is 5.57. The number of nitrogens with one attached hydrogen (secondary N) is 1. The van der Waals surface area contributed by atoms with Crippen molar-refractivity contribution in [3.05, 3.63) is 144 Å². The van der Waals surface area contributed by atoms with Crippen LogP contribution in [0.1, 0.15) is 32.8 Å². The van der Waals surface area contributed by atoms with Crippen LogP contribution in [0.2, 0.25) is 0 Å². The summed E-state index contributed by atoms with van der Waals surface area (Å²) < 4.78 is 0. The van der Waals surface area contributed by atoms with Gasteiger partial charge in [-0.1, -0.05) is 80.3 Å². The minimum absolute atomic E-state index is 0.812. The highest BCUT2D eigenvalue weighted by Gasteiger charge is 2.08. The van der Waals surface area contributed by atoms with Crippen LogP contribution in [0.5, 0.6) is 0 Å². The van der Waals surface area contributed by atoms with Crippen molar-refractivity contribution < 1.29 is 0 Å². The number of rotatable bonds is 9. The molecule has 1 aliphatic heterocycles. The third-order valence-corrected chi connectivity index (χ3v) is 6.44. The van der Waals surface area contributed by atoms with Crippen LogP contribution >= 0.6 is 0 Å². The van der Waals surface area contributed by atoms with Crippen LogP contribution < -0.4 is 15.1 Å². The lowest BCUT2D eigenvalue weighted by Gasteiger charge is -2.24. The Kier molecular flexibility index (Phi) is 10.9. The molecule has 3 nitrogen and oxygen atoms in total. The van der Waals surface area contributed by atoms with Gasteiger partial charge in [0.25, 0.3) is 0 Å². The summed E-state index contributed by atoms with van der Waals surface area (Å²) in [6, 6.07) is 19.5. The molecule has 0 amide bonds. The number of anilines is 2. The second-order valence-electron chi connectivity index (χ2n) is 9.28. The molecule has 0 aliphatic carbocycles. The van der Waals surface area contributed by atoms with Crippen LogP contribution in [0.3, 0.4) is 0 Å². The van der Waals surface area contributed by atoms with Crippen molar-refractivity contribution >= 4 is 11.4 Å². The molecule has 0 atom stereocenters. The van der Waals surface area contributed by atoms with Gasteiger partial charge in [-0.15, -0.1) is 0 Å². The minimum atomic E-state index is 0.812. The topological polar surface area (TPSA) is 18.5 Å². The molecule has 0 aromatic heterocycles. The zero-order valence-electron chi connectivity index (χ0n) is 22.8. The number of benzene rings is 2. The number of hydrogen-bond acceptors (Lipinski definition) is 3. The zero-order chi connectivity index (χ0) is 26.5. The maximum atomic E-state index is 3.88. The van der Waals surface area contributed by atoms with Crippen LogP contribution in [0.15, 0.2) is 138 Å². The van der Waals surface area contributed by atoms with Crippen LogP contribution in [-0.4, -0.2) is 20.1 Å². The summed E-state index contributed by atoms with van der Waals surface area (Å²) in [5.74, 6) is 0. The van der Waals surface area contributed by atoms with Gasteiger partial charge in [-0.05, 0) is 79.5 Å². The highest BCUT2D eigenvalue weighted by atomic mass is 15.1. The van der Waals surface area contributed by atoms with E-state index in [1.807, 2.05) is 12.2 Å². The molecule has 0 spiro atoms. The Labute approximate surface area is 224 Å². The summed E-state index contributed by atoms with van der Waals surface area (Å²) in [4.78, 5) is 4.67. The highest BCUT2D eigenvalue weighted by Crippen LogP contribution is 2.22. The lowest BCUT2D eigenvalue weighted by Crippen LogP contribution is -2.23. The van der Waals surface area contributed by atoms with Gasteiger partial charge in [-0.25, -0.2) is 0 Å². The monoisotopic (exact) mass is 491 g/mol. The molecule has 2 aromatic rings. The van der Waals surface area contributed by atoms with Crippen molar-refractivity contribution in [3.8, 4) is 0 Å². The largest absolute Gasteiger partial charge is 0.370 e. The maximum Gasteiger partial charge on any atom is 0.0426 e. The molecule has 0 fully saturated rings. The van der Waals surface area contributed by atoms with Crippen LogP contribution in [0.25, 0.3) is 0 Å². The van der Waals surface area contributed by atoms with E-state index in [0.29, 0.717) is 0 Å². The summed E-state index contributed by atoms with van der Waals surface area (Å²) in [5.41, 5.74) is 8.31. The zero-order valence-corrected chi connectivity index (χ0v) is 22.8. The fourth-order valence-corrected chi connectivity index (χ4v) is 4.11. The molecule has 3 heteroatoms. The van der Waals surface area contributed by atoms with Crippen LogP contribution in [-0.2, 0) is 6.54 Å². The van der Waals surface area contributed by atoms with Gasteiger partial charge in [0.2, 0.25) is 0 Å². The van der Waals surface area contributed by atoms with E-state index in [4.69, 9.17) is 0 Å². The molecular formula is C34H41N3. The molecule has 2 aromatic carbocycles. The van der Waals surface area contributed by atoms with E-state index in [-0.39, 0.29) is 0 Å². The van der Waals surface area contributed by atoms with Crippen molar-refractivity contribution in [2.24, 2.45) is 0 Å². The SMILES string of the molecule is C=C/C=C(\C=C/CC)NC1=C(C)\C(C)=C\C=C/CN(c2ccc(N(C)Cc3ccccc3)cc2)C/C=C\1. The fourth-order valence-electron chi connectivity index (χ4n) is 4.11. The third-order valence-electron chi connectivity index (χ3n) is 6.44. The third kappa shape index (κ3) is 8.57. The predicted octanol–water partition coefficient (Wildman–Crippen LogP) is 8.10. The Balaban J connectivity index is 1.79. The van der Waals surface area contributed by atoms with Gasteiger partial charge in [0.1, 0.15) is 0 Å². The minimum Gasteiger partial charge on any atom is -0.370 e. The lowest BCUT2D eigenvalue weighted by atomic mass is 10.1. The van der Waals surface area contributed by atoms with E-state index in [1.54, 1.807) is 0 Å². The molecule has 0 saturated heterocycles. The fraction of sp³-hybridized carbons (Fsp3) is 0.235. The van der Waals surface area contributed by atoms with Gasteiger partial charge >= 0.3 is 0 Å². The van der Waals surface area contributed by atoms with Gasteiger partial charge in [-0.3, -0.25) is 0 Å². The molecule has 0 saturated carbocycles. The van der Waals surface area contributed by atoms with Crippen molar-refractivity contribution in [2.75, 3.05) is 29.9 Å². The first kappa shape index (κ1) is 27.6. The Hall–Kier alpha value is -3.98. The van der Waals surface area contributed by atoms with Gasteiger partial charge in [0.15, 0.2) is 0 Å². The molecule has 0 bridgehead atoms. The van der Waals surface area contributed by atoms with Crippen molar-refractivity contribution in [2.45, 2.75) is 33.7 Å². The van der Waals surface area contributed by atoms with E-state index in [9.17, 15) is 0 Å². The molecular weight excluding hydrogens is 450 g/mol. The van der Waals surface area contributed by atoms with E-state index in [2.05, 4.69) is 147 Å². The van der Waals surface area contributed by atoms with Gasteiger partial charge in [0.05, 0.1) is 0 Å². The standard InChI is InChI=1S/C34H41N3/c1-6-8-19-31(15-7-2)35-34-20-14-26-37(25-13-12-16-28(3)29(34)4)33-23-21-32(22-24-33)36(5)27-30-17-10-9-11-18-30/h7-24,35H,2,6,25-27H2,1,3-5H3/b13-12-,19-8-,20-14-,28-16+,31-15+,34-29-. The van der Waals surface area contributed by atoms with E-state index < -0.39 is 0 Å². The van der Waals surface area contributed by atoms with E-state index in [1.165, 1.54) is 28.1 Å². The average molecular weight is 492 g/mol. The molecule has 1 heterocycles. The molecule has 37 heavy (non-hydrogen) atoms. The van der Waals surface area contributed by atoms with Gasteiger partial charge in [-0.2, -0.15) is 0 Å². The Morgan fingerprint density at radius 1 is 1.03 bits per heavy atom. The second-order valence-corrected chi connectivity index (χ2v) is 9.28. The average Bonchev–Trinajstić information content (AvgIpc) is 2.94. The Morgan fingerprint density at radius 3 is 2.46 bits per heavy atom. The first-order valence-corrected chi connectivity index (χ1v) is 13.1. The summed E-state index contributed by atoms with van der Waals surface area (Å²) in [6.45, 7) is 12.9. The molecule has 0 unspecified atom stereocenters. The normalized spacial score (nSPS) is 20.1. The first-order valence-electron chi connectivity index (χ1n) is 13.1. The molecule has 3 rings (SSSR count). The van der Waals surface area contributed by atoms with E-state index >= 15 is 0 Å². The number of nitrogens with zero attached hydrogens (tertiary/aromatic N) is 2. The van der Waals surface area contributed by atoms with E-state index in [0.717, 1.165) is 37.4 Å². The quantitative estimate of drug-likeness (QED) is 0.358. The smallest absolute Gasteiger partial charge is 0.0426 e. The van der Waals surface area contributed by atoms with Gasteiger partial charge in [0, 0.05) is 49.5 Å². The summed E-state index contributed by atoms with van der Waals surface area (Å²) in [5, 5.41) is 3.61. The van der Waals surface area contributed by atoms with Crippen LogP contribution in [0, 0.1) is 0 Å². The maximum absolute atomic E-state index is 3.88. The Bertz CT molecular complexity index is 1190. The Morgan fingerprint density at radius 2 is 1.76 bits per heavy atom. The molecule has 192 valence electrons. The van der Waals surface area contributed by atoms with Crippen molar-refractivity contribution in [3.63, 3.8) is 0 Å². The second kappa shape index (κ2) is 14.5. The first-order chi connectivity index (χ1) is 18.0.